The molecule has 0 bridgehead atoms. The molecular weight excluding hydrogens is 450 g/mol. The van der Waals surface area contributed by atoms with Gasteiger partial charge in [0.15, 0.2) is 0 Å². The predicted octanol–water partition coefficient (Wildman–Crippen LogP) is 6.35. The maximum Gasteiger partial charge on any atom is 0.341 e. The van der Waals surface area contributed by atoms with E-state index in [-0.39, 0.29) is 5.97 Å². The van der Waals surface area contributed by atoms with E-state index >= 15 is 0 Å². The molecule has 2 aromatic heterocycles. The summed E-state index contributed by atoms with van der Waals surface area (Å²) in [6.07, 6.45) is 1.69. The molecule has 27 heavy (non-hydrogen) atoms. The van der Waals surface area contributed by atoms with Crippen molar-refractivity contribution in [2.24, 2.45) is 0 Å². The third kappa shape index (κ3) is 4.62. The Balaban J connectivity index is 2.10. The molecule has 0 N–H and O–H groups in total. The van der Waals surface area contributed by atoms with E-state index in [1.807, 2.05) is 39.0 Å². The van der Waals surface area contributed by atoms with Crippen LogP contribution in [0, 0.1) is 0 Å². The Morgan fingerprint density at radius 2 is 2.04 bits per heavy atom. The molecule has 1 aromatic carbocycles. The number of esters is 1. The lowest BCUT2D eigenvalue weighted by atomic mass is 10.0. The minimum absolute atomic E-state index is 0.375. The van der Waals surface area contributed by atoms with Gasteiger partial charge in [0, 0.05) is 33.1 Å². The Hall–Kier alpha value is -1.63. The zero-order chi connectivity index (χ0) is 19.6. The van der Waals surface area contributed by atoms with Crippen molar-refractivity contribution in [2.45, 2.75) is 26.4 Å². The molecule has 4 nitrogen and oxygen atoms in total. The fraction of sp³-hybridized carbons (Fsp3) is 0.300. The highest BCUT2D eigenvalue weighted by Gasteiger charge is 2.23. The number of alkyl halides is 1. The number of aromatic nitrogens is 1. The van der Waals surface area contributed by atoms with Crippen molar-refractivity contribution < 1.29 is 14.3 Å². The molecule has 2 heterocycles. The number of carbonyl (C=O) groups is 1. The van der Waals surface area contributed by atoms with Gasteiger partial charge in [-0.1, -0.05) is 27.5 Å². The normalized spacial score (nSPS) is 11.6. The van der Waals surface area contributed by atoms with Gasteiger partial charge < -0.3 is 9.47 Å². The van der Waals surface area contributed by atoms with E-state index in [1.54, 1.807) is 17.6 Å². The number of hydrogen-bond acceptors (Lipinski definition) is 5. The highest BCUT2D eigenvalue weighted by Crippen LogP contribution is 2.39. The first-order chi connectivity index (χ1) is 12.8. The number of ether oxygens (including phenoxy) is 2. The van der Waals surface area contributed by atoms with Gasteiger partial charge in [-0.3, -0.25) is 4.98 Å². The van der Waals surface area contributed by atoms with Crippen LogP contribution in [-0.2, 0) is 4.74 Å². The van der Waals surface area contributed by atoms with Gasteiger partial charge in [0.1, 0.15) is 11.4 Å². The summed E-state index contributed by atoms with van der Waals surface area (Å²) in [4.78, 5) is 17.0. The van der Waals surface area contributed by atoms with Crippen LogP contribution in [0.15, 0.2) is 35.8 Å². The number of thiophene rings is 1. The second-order valence-electron chi connectivity index (χ2n) is 6.87. The SMILES string of the molecule is CC(C)(C)OC(=O)c1csc2c(-c3cc(Cl)ccc3OCCBr)ccnc12. The molecule has 0 aliphatic carbocycles. The van der Waals surface area contributed by atoms with Gasteiger partial charge in [-0.2, -0.15) is 0 Å². The van der Waals surface area contributed by atoms with Crippen molar-refractivity contribution in [1.29, 1.82) is 0 Å². The van der Waals surface area contributed by atoms with E-state index in [2.05, 4.69) is 20.9 Å². The number of rotatable bonds is 5. The second-order valence-corrected chi connectivity index (χ2v) is 8.97. The average molecular weight is 469 g/mol. The topological polar surface area (TPSA) is 48.4 Å². The van der Waals surface area contributed by atoms with E-state index in [4.69, 9.17) is 21.1 Å². The molecule has 0 fully saturated rings. The number of hydrogen-bond donors (Lipinski definition) is 0. The zero-order valence-corrected chi connectivity index (χ0v) is 18.4. The average Bonchev–Trinajstić information content (AvgIpc) is 3.03. The Morgan fingerprint density at radius 1 is 1.26 bits per heavy atom. The summed E-state index contributed by atoms with van der Waals surface area (Å²) in [5.74, 6) is 0.360. The van der Waals surface area contributed by atoms with Crippen molar-refractivity contribution in [2.75, 3.05) is 11.9 Å². The van der Waals surface area contributed by atoms with Gasteiger partial charge in [0.2, 0.25) is 0 Å². The van der Waals surface area contributed by atoms with Crippen LogP contribution >= 0.6 is 38.9 Å². The van der Waals surface area contributed by atoms with Gasteiger partial charge in [0.25, 0.3) is 0 Å². The number of carbonyl (C=O) groups excluding carboxylic acids is 1. The first-order valence-corrected chi connectivity index (χ1v) is 10.8. The van der Waals surface area contributed by atoms with Crippen LogP contribution in [0.4, 0.5) is 0 Å². The quantitative estimate of drug-likeness (QED) is 0.323. The van der Waals surface area contributed by atoms with E-state index in [1.165, 1.54) is 11.3 Å². The summed E-state index contributed by atoms with van der Waals surface area (Å²) in [5, 5.41) is 3.13. The van der Waals surface area contributed by atoms with Gasteiger partial charge in [-0.05, 0) is 45.0 Å². The summed E-state index contributed by atoms with van der Waals surface area (Å²) in [6.45, 7) is 6.07. The third-order valence-electron chi connectivity index (χ3n) is 3.64. The molecule has 0 saturated carbocycles. The first kappa shape index (κ1) is 20.1. The molecule has 0 atom stereocenters. The standard InChI is InChI=1S/C20H19BrClNO3S/c1-20(2,3)26-19(24)15-11-27-18-13(6-8-23-17(15)18)14-10-12(22)4-5-16(14)25-9-7-21/h4-6,8,10-11H,7,9H2,1-3H3. The molecule has 0 radical (unpaired) electrons. The monoisotopic (exact) mass is 467 g/mol. The van der Waals surface area contributed by atoms with Crippen molar-refractivity contribution in [3.63, 3.8) is 0 Å². The zero-order valence-electron chi connectivity index (χ0n) is 15.2. The van der Waals surface area contributed by atoms with Crippen LogP contribution in [0.2, 0.25) is 5.02 Å². The number of halogens is 2. The molecule has 3 aromatic rings. The summed E-state index contributed by atoms with van der Waals surface area (Å²) >= 11 is 11.1. The summed E-state index contributed by atoms with van der Waals surface area (Å²) in [6, 6.07) is 7.43. The summed E-state index contributed by atoms with van der Waals surface area (Å²) in [7, 11) is 0. The van der Waals surface area contributed by atoms with Crippen molar-refractivity contribution in [3.8, 4) is 16.9 Å². The largest absolute Gasteiger partial charge is 0.492 e. The lowest BCUT2D eigenvalue weighted by Crippen LogP contribution is -2.23. The van der Waals surface area contributed by atoms with E-state index < -0.39 is 5.60 Å². The molecule has 0 saturated heterocycles. The minimum Gasteiger partial charge on any atom is -0.492 e. The van der Waals surface area contributed by atoms with E-state index in [9.17, 15) is 4.79 Å². The fourth-order valence-corrected chi connectivity index (χ4v) is 3.97. The summed E-state index contributed by atoms with van der Waals surface area (Å²) < 4.78 is 12.3. The highest BCUT2D eigenvalue weighted by atomic mass is 79.9. The smallest absolute Gasteiger partial charge is 0.341 e. The highest BCUT2D eigenvalue weighted by molar-refractivity contribution is 9.09. The van der Waals surface area contributed by atoms with Crippen LogP contribution in [0.25, 0.3) is 21.3 Å². The van der Waals surface area contributed by atoms with Crippen molar-refractivity contribution in [3.05, 3.63) is 46.4 Å². The molecule has 0 aliphatic heterocycles. The van der Waals surface area contributed by atoms with Gasteiger partial charge in [0.05, 0.1) is 22.4 Å². The maximum absolute atomic E-state index is 12.5. The molecule has 0 amide bonds. The number of nitrogens with zero attached hydrogens (tertiary/aromatic N) is 1. The Morgan fingerprint density at radius 3 is 2.74 bits per heavy atom. The molecule has 0 spiro atoms. The first-order valence-electron chi connectivity index (χ1n) is 8.38. The molecule has 142 valence electrons. The van der Waals surface area contributed by atoms with Crippen LogP contribution < -0.4 is 4.74 Å². The molecule has 0 unspecified atom stereocenters. The molecular formula is C20H19BrClNO3S. The number of benzene rings is 1. The molecule has 3 rings (SSSR count). The summed E-state index contributed by atoms with van der Waals surface area (Å²) in [5.41, 5.74) is 2.32. The Bertz CT molecular complexity index is 981. The van der Waals surface area contributed by atoms with E-state index in [0.29, 0.717) is 22.7 Å². The lowest BCUT2D eigenvalue weighted by molar-refractivity contribution is 0.00721. The molecule has 0 aliphatic rings. The Labute approximate surface area is 175 Å². The number of pyridine rings is 1. The van der Waals surface area contributed by atoms with Gasteiger partial charge >= 0.3 is 5.97 Å². The van der Waals surface area contributed by atoms with Crippen LogP contribution in [0.1, 0.15) is 31.1 Å². The second kappa shape index (κ2) is 8.17. The van der Waals surface area contributed by atoms with Gasteiger partial charge in [-0.15, -0.1) is 11.3 Å². The Kier molecular flexibility index (Phi) is 6.08. The van der Waals surface area contributed by atoms with Crippen molar-refractivity contribution >= 4 is 55.1 Å². The lowest BCUT2D eigenvalue weighted by Gasteiger charge is -2.19. The number of fused-ring (bicyclic) bond motifs is 1. The van der Waals surface area contributed by atoms with Crippen LogP contribution in [0.3, 0.4) is 0 Å². The minimum atomic E-state index is -0.563. The predicted molar refractivity (Wildman–Crippen MR) is 115 cm³/mol. The van der Waals surface area contributed by atoms with Crippen molar-refractivity contribution in [1.82, 2.24) is 4.98 Å². The van der Waals surface area contributed by atoms with Crippen LogP contribution in [0.5, 0.6) is 5.75 Å². The van der Waals surface area contributed by atoms with Crippen LogP contribution in [-0.4, -0.2) is 28.5 Å². The van der Waals surface area contributed by atoms with E-state index in [0.717, 1.165) is 26.9 Å². The fourth-order valence-electron chi connectivity index (χ4n) is 2.61. The third-order valence-corrected chi connectivity index (χ3v) is 5.20. The van der Waals surface area contributed by atoms with Gasteiger partial charge in [-0.25, -0.2) is 4.79 Å². The maximum atomic E-state index is 12.5. The molecule has 7 heteroatoms.